The molecule has 0 bridgehead atoms. The number of nitrogens with one attached hydrogen (secondary N) is 1. The van der Waals surface area contributed by atoms with Crippen LogP contribution in [0.1, 0.15) is 30.4 Å². The summed E-state index contributed by atoms with van der Waals surface area (Å²) < 4.78 is 5.61. The highest BCUT2D eigenvalue weighted by Gasteiger charge is 2.06. The zero-order chi connectivity index (χ0) is 18.9. The molecule has 5 heteroatoms. The normalized spacial score (nSPS) is 10.1. The standard InChI is InChI=1S/C21H25N3O2/c1-16-13-18(10-11-20(16)24(2)3)23-21(25)9-4-5-12-26-19-8-6-7-17(14-19)15-22/h6-8,10-11,13-14H,4-5,9,12H2,1-3H3,(H,23,25). The van der Waals surface area contributed by atoms with Gasteiger partial charge in [0.15, 0.2) is 0 Å². The van der Waals surface area contributed by atoms with Crippen LogP contribution in [0.25, 0.3) is 0 Å². The van der Waals surface area contributed by atoms with E-state index in [2.05, 4.69) is 11.4 Å². The minimum absolute atomic E-state index is 0.00785. The Morgan fingerprint density at radius 2 is 2.00 bits per heavy atom. The predicted octanol–water partition coefficient (Wildman–Crippen LogP) is 4.12. The van der Waals surface area contributed by atoms with E-state index in [1.807, 2.05) is 50.2 Å². The van der Waals surface area contributed by atoms with Crippen molar-refractivity contribution in [2.75, 3.05) is 30.9 Å². The number of nitrogens with zero attached hydrogens (tertiary/aromatic N) is 2. The fourth-order valence-corrected chi connectivity index (χ4v) is 2.69. The van der Waals surface area contributed by atoms with Crippen LogP contribution in [0, 0.1) is 18.3 Å². The number of anilines is 2. The Bertz CT molecular complexity index is 794. The van der Waals surface area contributed by atoms with Crippen LogP contribution >= 0.6 is 0 Å². The van der Waals surface area contributed by atoms with Gasteiger partial charge in [-0.2, -0.15) is 5.26 Å². The van der Waals surface area contributed by atoms with Gasteiger partial charge in [-0.25, -0.2) is 0 Å². The average molecular weight is 351 g/mol. The first-order valence-corrected chi connectivity index (χ1v) is 8.70. The number of ether oxygens (including phenoxy) is 1. The van der Waals surface area contributed by atoms with E-state index < -0.39 is 0 Å². The summed E-state index contributed by atoms with van der Waals surface area (Å²) in [5.41, 5.74) is 3.67. The Kier molecular flexibility index (Phi) is 7.04. The van der Waals surface area contributed by atoms with Crippen molar-refractivity contribution in [3.63, 3.8) is 0 Å². The molecule has 0 aliphatic heterocycles. The number of carbonyl (C=O) groups excluding carboxylic acids is 1. The van der Waals surface area contributed by atoms with E-state index in [0.29, 0.717) is 24.3 Å². The first-order chi connectivity index (χ1) is 12.5. The smallest absolute Gasteiger partial charge is 0.224 e. The Balaban J connectivity index is 1.70. The molecule has 0 aliphatic carbocycles. The molecule has 1 N–H and O–H groups in total. The van der Waals surface area contributed by atoms with Crippen LogP contribution in [0.5, 0.6) is 5.75 Å². The second-order valence-corrected chi connectivity index (χ2v) is 6.39. The van der Waals surface area contributed by atoms with Gasteiger partial charge in [0.05, 0.1) is 18.2 Å². The summed E-state index contributed by atoms with van der Waals surface area (Å²) in [6, 6.07) is 15.1. The molecule has 1 amide bonds. The van der Waals surface area contributed by atoms with E-state index in [1.165, 1.54) is 0 Å². The number of unbranched alkanes of at least 4 members (excludes halogenated alkanes) is 1. The molecule has 0 fully saturated rings. The molecule has 0 aliphatic rings. The predicted molar refractivity (Wildman–Crippen MR) is 105 cm³/mol. The molecule has 0 heterocycles. The number of amides is 1. The number of nitriles is 1. The summed E-state index contributed by atoms with van der Waals surface area (Å²) in [7, 11) is 4.00. The molecule has 136 valence electrons. The van der Waals surface area contributed by atoms with Crippen LogP contribution in [-0.2, 0) is 4.79 Å². The number of hydrogen-bond acceptors (Lipinski definition) is 4. The molecule has 0 spiro atoms. The fraction of sp³-hybridized carbons (Fsp3) is 0.333. The zero-order valence-corrected chi connectivity index (χ0v) is 15.6. The molecule has 2 aromatic carbocycles. The molecule has 0 atom stereocenters. The zero-order valence-electron chi connectivity index (χ0n) is 15.6. The third kappa shape index (κ3) is 5.82. The van der Waals surface area contributed by atoms with E-state index in [0.717, 1.165) is 29.8 Å². The summed E-state index contributed by atoms with van der Waals surface area (Å²) in [6.45, 7) is 2.56. The summed E-state index contributed by atoms with van der Waals surface area (Å²) in [5.74, 6) is 0.693. The maximum absolute atomic E-state index is 12.1. The van der Waals surface area contributed by atoms with Crippen molar-refractivity contribution in [3.05, 3.63) is 53.6 Å². The van der Waals surface area contributed by atoms with E-state index in [4.69, 9.17) is 10.00 Å². The molecule has 0 radical (unpaired) electrons. The van der Waals surface area contributed by atoms with Gasteiger partial charge in [-0.3, -0.25) is 4.79 Å². The van der Waals surface area contributed by atoms with Crippen LogP contribution in [0.2, 0.25) is 0 Å². The Morgan fingerprint density at radius 1 is 1.19 bits per heavy atom. The van der Waals surface area contributed by atoms with Crippen molar-refractivity contribution in [2.24, 2.45) is 0 Å². The van der Waals surface area contributed by atoms with Gasteiger partial charge in [0.1, 0.15) is 5.75 Å². The molecular weight excluding hydrogens is 326 g/mol. The molecule has 2 rings (SSSR count). The molecule has 0 aromatic heterocycles. The van der Waals surface area contributed by atoms with E-state index in [-0.39, 0.29) is 5.91 Å². The van der Waals surface area contributed by atoms with Gasteiger partial charge in [0.2, 0.25) is 5.91 Å². The van der Waals surface area contributed by atoms with E-state index >= 15 is 0 Å². The molecule has 0 saturated carbocycles. The maximum atomic E-state index is 12.1. The highest BCUT2D eigenvalue weighted by atomic mass is 16.5. The van der Waals surface area contributed by atoms with E-state index in [1.54, 1.807) is 18.2 Å². The largest absolute Gasteiger partial charge is 0.494 e. The number of carbonyl (C=O) groups is 1. The molecule has 2 aromatic rings. The van der Waals surface area contributed by atoms with Gasteiger partial charge < -0.3 is 15.0 Å². The summed E-state index contributed by atoms with van der Waals surface area (Å²) in [4.78, 5) is 14.1. The van der Waals surface area contributed by atoms with Gasteiger partial charge >= 0.3 is 0 Å². The van der Waals surface area contributed by atoms with Crippen LogP contribution in [0.4, 0.5) is 11.4 Å². The second kappa shape index (κ2) is 9.47. The first kappa shape index (κ1) is 19.3. The molecule has 26 heavy (non-hydrogen) atoms. The van der Waals surface area contributed by atoms with Gasteiger partial charge in [-0.15, -0.1) is 0 Å². The lowest BCUT2D eigenvalue weighted by molar-refractivity contribution is -0.116. The molecule has 0 saturated heterocycles. The number of rotatable bonds is 8. The van der Waals surface area contributed by atoms with Gasteiger partial charge in [0, 0.05) is 31.9 Å². The Morgan fingerprint density at radius 3 is 2.69 bits per heavy atom. The van der Waals surface area contributed by atoms with E-state index in [9.17, 15) is 4.79 Å². The minimum Gasteiger partial charge on any atom is -0.494 e. The van der Waals surface area contributed by atoms with Crippen LogP contribution in [-0.4, -0.2) is 26.6 Å². The minimum atomic E-state index is 0.00785. The van der Waals surface area contributed by atoms with Gasteiger partial charge in [0.25, 0.3) is 0 Å². The average Bonchev–Trinajstić information content (AvgIpc) is 2.61. The SMILES string of the molecule is Cc1cc(NC(=O)CCCCOc2cccc(C#N)c2)ccc1N(C)C. The van der Waals surface area contributed by atoms with Crippen molar-refractivity contribution in [1.29, 1.82) is 5.26 Å². The van der Waals surface area contributed by atoms with Crippen LogP contribution < -0.4 is 15.0 Å². The first-order valence-electron chi connectivity index (χ1n) is 8.70. The monoisotopic (exact) mass is 351 g/mol. The number of benzene rings is 2. The number of aryl methyl sites for hydroxylation is 1. The lowest BCUT2D eigenvalue weighted by atomic mass is 10.1. The number of hydrogen-bond donors (Lipinski definition) is 1. The molecule has 5 nitrogen and oxygen atoms in total. The van der Waals surface area contributed by atoms with Gasteiger partial charge in [-0.05, 0) is 61.7 Å². The summed E-state index contributed by atoms with van der Waals surface area (Å²) in [6.07, 6.45) is 1.98. The van der Waals surface area contributed by atoms with Crippen molar-refractivity contribution in [1.82, 2.24) is 0 Å². The Labute approximate surface area is 155 Å². The second-order valence-electron chi connectivity index (χ2n) is 6.39. The lowest BCUT2D eigenvalue weighted by Gasteiger charge is -2.16. The van der Waals surface area contributed by atoms with Crippen molar-refractivity contribution >= 4 is 17.3 Å². The van der Waals surface area contributed by atoms with Crippen LogP contribution in [0.3, 0.4) is 0 Å². The third-order valence-corrected chi connectivity index (χ3v) is 3.99. The highest BCUT2D eigenvalue weighted by Crippen LogP contribution is 2.22. The fourth-order valence-electron chi connectivity index (χ4n) is 2.69. The highest BCUT2D eigenvalue weighted by molar-refractivity contribution is 5.91. The van der Waals surface area contributed by atoms with Crippen molar-refractivity contribution in [2.45, 2.75) is 26.2 Å². The van der Waals surface area contributed by atoms with Crippen molar-refractivity contribution in [3.8, 4) is 11.8 Å². The molecular formula is C21H25N3O2. The Hall–Kier alpha value is -3.00. The molecule has 0 unspecified atom stereocenters. The lowest BCUT2D eigenvalue weighted by Crippen LogP contribution is -2.13. The summed E-state index contributed by atoms with van der Waals surface area (Å²) in [5, 5.41) is 11.8. The summed E-state index contributed by atoms with van der Waals surface area (Å²) >= 11 is 0. The quantitative estimate of drug-likeness (QED) is 0.727. The van der Waals surface area contributed by atoms with Crippen molar-refractivity contribution < 1.29 is 9.53 Å². The van der Waals surface area contributed by atoms with Gasteiger partial charge in [-0.1, -0.05) is 6.07 Å². The third-order valence-electron chi connectivity index (χ3n) is 3.99. The van der Waals surface area contributed by atoms with Crippen LogP contribution in [0.15, 0.2) is 42.5 Å². The maximum Gasteiger partial charge on any atom is 0.224 e. The topological polar surface area (TPSA) is 65.4 Å².